The lowest BCUT2D eigenvalue weighted by Gasteiger charge is -2.35. The molecule has 146 valence electrons. The zero-order chi connectivity index (χ0) is 19.4. The van der Waals surface area contributed by atoms with Crippen molar-refractivity contribution in [3.63, 3.8) is 0 Å². The molecule has 0 radical (unpaired) electrons. The molecule has 0 aliphatic carbocycles. The first-order chi connectivity index (χ1) is 13.0. The van der Waals surface area contributed by atoms with Crippen LogP contribution < -0.4 is 0 Å². The summed E-state index contributed by atoms with van der Waals surface area (Å²) >= 11 is 12.2. The molecule has 2 aliphatic rings. The summed E-state index contributed by atoms with van der Waals surface area (Å²) in [5, 5.41) is 0.971. The molecular formula is C19H23Cl2N3O3. The Morgan fingerprint density at radius 1 is 0.815 bits per heavy atom. The fraction of sp³-hybridized carbons (Fsp3) is 0.526. The van der Waals surface area contributed by atoms with Crippen molar-refractivity contribution in [1.29, 1.82) is 0 Å². The Morgan fingerprint density at radius 3 is 2.00 bits per heavy atom. The van der Waals surface area contributed by atoms with Crippen LogP contribution >= 0.6 is 23.2 Å². The number of carbonyl (C=O) groups is 3. The first-order valence-corrected chi connectivity index (χ1v) is 10.0. The SMILES string of the molecule is O=C(CCc1cccc(Cl)c1Cl)N1CCN(C(=O)C(=O)N2CCCC2)CC1. The summed E-state index contributed by atoms with van der Waals surface area (Å²) in [6.45, 7) is 3.00. The molecular weight excluding hydrogens is 389 g/mol. The van der Waals surface area contributed by atoms with E-state index in [4.69, 9.17) is 23.2 Å². The van der Waals surface area contributed by atoms with E-state index in [0.717, 1.165) is 18.4 Å². The second-order valence-electron chi connectivity index (χ2n) is 6.89. The summed E-state index contributed by atoms with van der Waals surface area (Å²) in [6.07, 6.45) is 2.77. The van der Waals surface area contributed by atoms with Crippen molar-refractivity contribution in [2.75, 3.05) is 39.3 Å². The van der Waals surface area contributed by atoms with Gasteiger partial charge in [0, 0.05) is 45.7 Å². The predicted molar refractivity (Wildman–Crippen MR) is 104 cm³/mol. The van der Waals surface area contributed by atoms with E-state index in [1.54, 1.807) is 20.8 Å². The van der Waals surface area contributed by atoms with E-state index in [1.165, 1.54) is 0 Å². The lowest BCUT2D eigenvalue weighted by atomic mass is 10.1. The number of benzene rings is 1. The topological polar surface area (TPSA) is 60.9 Å². The molecule has 2 aliphatic heterocycles. The van der Waals surface area contributed by atoms with E-state index in [-0.39, 0.29) is 5.91 Å². The Balaban J connectivity index is 1.47. The van der Waals surface area contributed by atoms with Gasteiger partial charge in [-0.2, -0.15) is 0 Å². The van der Waals surface area contributed by atoms with Gasteiger partial charge in [0.15, 0.2) is 0 Å². The second-order valence-corrected chi connectivity index (χ2v) is 7.67. The normalized spacial score (nSPS) is 17.3. The van der Waals surface area contributed by atoms with Crippen LogP contribution in [0, 0.1) is 0 Å². The summed E-state index contributed by atoms with van der Waals surface area (Å²) in [4.78, 5) is 41.9. The van der Waals surface area contributed by atoms with E-state index in [1.807, 2.05) is 12.1 Å². The molecule has 1 aromatic carbocycles. The van der Waals surface area contributed by atoms with Gasteiger partial charge in [-0.1, -0.05) is 35.3 Å². The first-order valence-electron chi connectivity index (χ1n) is 9.26. The predicted octanol–water partition coefficient (Wildman–Crippen LogP) is 2.22. The average Bonchev–Trinajstić information content (AvgIpc) is 3.22. The molecule has 8 heteroatoms. The highest BCUT2D eigenvalue weighted by molar-refractivity contribution is 6.42. The van der Waals surface area contributed by atoms with E-state index in [0.29, 0.717) is 62.2 Å². The minimum absolute atomic E-state index is 0.0176. The van der Waals surface area contributed by atoms with Crippen LogP contribution in [0.15, 0.2) is 18.2 Å². The van der Waals surface area contributed by atoms with Crippen LogP contribution in [0.3, 0.4) is 0 Å². The molecule has 0 atom stereocenters. The molecule has 27 heavy (non-hydrogen) atoms. The Kier molecular flexibility index (Phi) is 6.60. The van der Waals surface area contributed by atoms with Crippen LogP contribution in [0.2, 0.25) is 10.0 Å². The minimum Gasteiger partial charge on any atom is -0.339 e. The van der Waals surface area contributed by atoms with Gasteiger partial charge in [0.1, 0.15) is 0 Å². The van der Waals surface area contributed by atoms with Gasteiger partial charge in [0.2, 0.25) is 5.91 Å². The molecule has 3 amide bonds. The Morgan fingerprint density at radius 2 is 1.37 bits per heavy atom. The highest BCUT2D eigenvalue weighted by atomic mass is 35.5. The van der Waals surface area contributed by atoms with Gasteiger partial charge in [-0.3, -0.25) is 14.4 Å². The largest absolute Gasteiger partial charge is 0.339 e. The van der Waals surface area contributed by atoms with Crippen molar-refractivity contribution < 1.29 is 14.4 Å². The van der Waals surface area contributed by atoms with Crippen molar-refractivity contribution in [2.24, 2.45) is 0 Å². The van der Waals surface area contributed by atoms with Crippen molar-refractivity contribution in [3.8, 4) is 0 Å². The highest BCUT2D eigenvalue weighted by Crippen LogP contribution is 2.26. The highest BCUT2D eigenvalue weighted by Gasteiger charge is 2.31. The van der Waals surface area contributed by atoms with E-state index >= 15 is 0 Å². The molecule has 0 aromatic heterocycles. The molecule has 2 fully saturated rings. The number of rotatable bonds is 3. The Bertz CT molecular complexity index is 727. The van der Waals surface area contributed by atoms with Gasteiger partial charge < -0.3 is 14.7 Å². The average molecular weight is 412 g/mol. The summed E-state index contributed by atoms with van der Waals surface area (Å²) < 4.78 is 0. The standard InChI is InChI=1S/C19H23Cl2N3O3/c20-15-5-3-4-14(17(15)21)6-7-16(25)22-10-12-24(13-11-22)19(27)18(26)23-8-1-2-9-23/h3-5H,1-2,6-13H2. The fourth-order valence-corrected chi connectivity index (χ4v) is 3.91. The minimum atomic E-state index is -0.449. The number of likely N-dealkylation sites (tertiary alicyclic amines) is 1. The van der Waals surface area contributed by atoms with E-state index < -0.39 is 11.8 Å². The smallest absolute Gasteiger partial charge is 0.312 e. The Labute approximate surface area is 169 Å². The van der Waals surface area contributed by atoms with Crippen molar-refractivity contribution in [1.82, 2.24) is 14.7 Å². The molecule has 0 N–H and O–H groups in total. The quantitative estimate of drug-likeness (QED) is 0.716. The first kappa shape index (κ1) is 20.0. The van der Waals surface area contributed by atoms with Crippen LogP contribution in [0.4, 0.5) is 0 Å². The zero-order valence-corrected chi connectivity index (χ0v) is 16.6. The number of carbonyl (C=O) groups excluding carboxylic acids is 3. The monoisotopic (exact) mass is 411 g/mol. The molecule has 0 spiro atoms. The summed E-state index contributed by atoms with van der Waals surface area (Å²) in [5.41, 5.74) is 0.850. The molecule has 0 saturated carbocycles. The number of halogens is 2. The molecule has 2 heterocycles. The van der Waals surface area contributed by atoms with Gasteiger partial charge in [-0.25, -0.2) is 0 Å². The molecule has 0 bridgehead atoms. The van der Waals surface area contributed by atoms with Gasteiger partial charge in [0.25, 0.3) is 0 Å². The Hall–Kier alpha value is -1.79. The summed E-state index contributed by atoms with van der Waals surface area (Å²) in [7, 11) is 0. The van der Waals surface area contributed by atoms with Crippen molar-refractivity contribution in [3.05, 3.63) is 33.8 Å². The maximum atomic E-state index is 12.5. The summed E-state index contributed by atoms with van der Waals surface area (Å²) in [5.74, 6) is -0.846. The van der Waals surface area contributed by atoms with E-state index in [9.17, 15) is 14.4 Å². The van der Waals surface area contributed by atoms with Crippen molar-refractivity contribution in [2.45, 2.75) is 25.7 Å². The molecule has 6 nitrogen and oxygen atoms in total. The van der Waals surface area contributed by atoms with Crippen LogP contribution in [-0.4, -0.2) is 71.7 Å². The molecule has 0 unspecified atom stereocenters. The number of piperazine rings is 1. The van der Waals surface area contributed by atoms with Gasteiger partial charge in [0.05, 0.1) is 10.0 Å². The number of hydrogen-bond donors (Lipinski definition) is 0. The lowest BCUT2D eigenvalue weighted by molar-refractivity contribution is -0.153. The molecule has 2 saturated heterocycles. The van der Waals surface area contributed by atoms with Crippen LogP contribution in [-0.2, 0) is 20.8 Å². The van der Waals surface area contributed by atoms with Crippen LogP contribution in [0.5, 0.6) is 0 Å². The van der Waals surface area contributed by atoms with Gasteiger partial charge in [-0.05, 0) is 30.9 Å². The molecule has 3 rings (SSSR count). The zero-order valence-electron chi connectivity index (χ0n) is 15.1. The van der Waals surface area contributed by atoms with Gasteiger partial charge in [-0.15, -0.1) is 0 Å². The number of nitrogens with zero attached hydrogens (tertiary/aromatic N) is 3. The number of aryl methyl sites for hydroxylation is 1. The second kappa shape index (κ2) is 8.93. The van der Waals surface area contributed by atoms with Crippen LogP contribution in [0.1, 0.15) is 24.8 Å². The van der Waals surface area contributed by atoms with Crippen LogP contribution in [0.25, 0.3) is 0 Å². The van der Waals surface area contributed by atoms with E-state index in [2.05, 4.69) is 0 Å². The lowest BCUT2D eigenvalue weighted by Crippen LogP contribution is -2.54. The number of amides is 3. The molecule has 1 aromatic rings. The third-order valence-corrected chi connectivity index (χ3v) is 5.99. The maximum absolute atomic E-state index is 12.5. The fourth-order valence-electron chi connectivity index (χ4n) is 3.49. The maximum Gasteiger partial charge on any atom is 0.312 e. The summed E-state index contributed by atoms with van der Waals surface area (Å²) in [6, 6.07) is 5.40. The van der Waals surface area contributed by atoms with Crippen molar-refractivity contribution >= 4 is 40.9 Å². The number of hydrogen-bond acceptors (Lipinski definition) is 3. The third-order valence-electron chi connectivity index (χ3n) is 5.14. The third kappa shape index (κ3) is 4.74. The van der Waals surface area contributed by atoms with Gasteiger partial charge >= 0.3 is 11.8 Å².